The molecule has 4 N–H and O–H groups in total. The van der Waals surface area contributed by atoms with Crippen molar-refractivity contribution in [2.24, 2.45) is 0 Å². The van der Waals surface area contributed by atoms with Gasteiger partial charge in [0.25, 0.3) is 0 Å². The van der Waals surface area contributed by atoms with Crippen LogP contribution in [0.25, 0.3) is 0 Å². The third-order valence-corrected chi connectivity index (χ3v) is 2.88. The Morgan fingerprint density at radius 3 is 2.39 bits per heavy atom. The fraction of sp³-hybridized carbons (Fsp3) is 0.500. The third kappa shape index (κ3) is 7.52. The molecule has 0 aliphatic rings. The van der Waals surface area contributed by atoms with Gasteiger partial charge in [-0.15, -0.1) is 0 Å². The highest BCUT2D eigenvalue weighted by Gasteiger charge is 1.94. The number of nitrogens with two attached hydrogens (primary N) is 1. The lowest BCUT2D eigenvalue weighted by molar-refractivity contribution is 0.0349. The molecular weight excluding hydrogens is 252 g/mol. The number of nitrogens with one attached hydrogen (secondary N) is 1. The van der Waals surface area contributed by atoms with E-state index in [4.69, 9.17) is 20.3 Å². The number of ether oxygens (including phenoxy) is 2. The van der Waals surface area contributed by atoms with Crippen LogP contribution < -0.4 is 10.5 Å². The SMILES string of the molecule is Nc1ccc(SNCCOCCOCCO)cc1. The molecule has 0 aliphatic carbocycles. The smallest absolute Gasteiger partial charge is 0.0701 e. The molecule has 0 heterocycles. The molecule has 0 radical (unpaired) electrons. The van der Waals surface area contributed by atoms with E-state index in [2.05, 4.69) is 4.72 Å². The van der Waals surface area contributed by atoms with Crippen molar-refractivity contribution < 1.29 is 14.6 Å². The summed E-state index contributed by atoms with van der Waals surface area (Å²) in [5.74, 6) is 0. The molecule has 0 bridgehead atoms. The zero-order chi connectivity index (χ0) is 13.1. The molecule has 5 nitrogen and oxygen atoms in total. The molecule has 0 saturated heterocycles. The summed E-state index contributed by atoms with van der Waals surface area (Å²) < 4.78 is 13.6. The molecule has 1 aromatic rings. The number of benzene rings is 1. The average Bonchev–Trinajstić information content (AvgIpc) is 2.39. The van der Waals surface area contributed by atoms with Gasteiger partial charge in [-0.3, -0.25) is 4.72 Å². The Bertz CT molecular complexity index is 309. The predicted octanol–water partition coefficient (Wildman–Crippen LogP) is 0.891. The first-order chi connectivity index (χ1) is 8.83. The lowest BCUT2D eigenvalue weighted by atomic mass is 10.3. The lowest BCUT2D eigenvalue weighted by Crippen LogP contribution is -2.15. The number of aliphatic hydroxyl groups excluding tert-OH is 1. The van der Waals surface area contributed by atoms with Gasteiger partial charge in [0.05, 0.1) is 33.0 Å². The summed E-state index contributed by atoms with van der Waals surface area (Å²) >= 11 is 1.55. The molecule has 0 aromatic heterocycles. The van der Waals surface area contributed by atoms with E-state index in [0.717, 1.165) is 17.1 Å². The minimum absolute atomic E-state index is 0.0553. The van der Waals surface area contributed by atoms with Gasteiger partial charge in [-0.2, -0.15) is 0 Å². The quantitative estimate of drug-likeness (QED) is 0.334. The average molecular weight is 272 g/mol. The largest absolute Gasteiger partial charge is 0.399 e. The van der Waals surface area contributed by atoms with Crippen LogP contribution >= 0.6 is 11.9 Å². The predicted molar refractivity (Wildman–Crippen MR) is 73.4 cm³/mol. The van der Waals surface area contributed by atoms with Crippen molar-refractivity contribution in [2.75, 3.05) is 45.3 Å². The molecule has 18 heavy (non-hydrogen) atoms. The van der Waals surface area contributed by atoms with Crippen LogP contribution in [-0.2, 0) is 9.47 Å². The van der Waals surface area contributed by atoms with E-state index in [9.17, 15) is 0 Å². The van der Waals surface area contributed by atoms with Gasteiger partial charge in [-0.05, 0) is 36.2 Å². The van der Waals surface area contributed by atoms with Crippen molar-refractivity contribution in [1.29, 1.82) is 0 Å². The van der Waals surface area contributed by atoms with Crippen LogP contribution in [0.4, 0.5) is 5.69 Å². The minimum Gasteiger partial charge on any atom is -0.399 e. The Hall–Kier alpha value is -0.790. The second-order valence-corrected chi connectivity index (χ2v) is 4.48. The van der Waals surface area contributed by atoms with E-state index < -0.39 is 0 Å². The first kappa shape index (κ1) is 15.3. The first-order valence-corrected chi connectivity index (χ1v) is 6.66. The van der Waals surface area contributed by atoms with Crippen LogP contribution in [-0.4, -0.2) is 44.7 Å². The monoisotopic (exact) mass is 272 g/mol. The molecule has 0 fully saturated rings. The van der Waals surface area contributed by atoms with E-state index in [-0.39, 0.29) is 6.61 Å². The van der Waals surface area contributed by atoms with Gasteiger partial charge in [0.15, 0.2) is 0 Å². The molecule has 1 aromatic carbocycles. The Labute approximate surface area is 112 Å². The van der Waals surface area contributed by atoms with Gasteiger partial charge in [-0.25, -0.2) is 0 Å². The van der Waals surface area contributed by atoms with Crippen LogP contribution in [0, 0.1) is 0 Å². The minimum atomic E-state index is 0.0553. The molecule has 0 unspecified atom stereocenters. The third-order valence-electron chi connectivity index (χ3n) is 2.03. The highest BCUT2D eigenvalue weighted by atomic mass is 32.2. The molecule has 0 amide bonds. The first-order valence-electron chi connectivity index (χ1n) is 5.84. The summed E-state index contributed by atoms with van der Waals surface area (Å²) in [4.78, 5) is 1.12. The van der Waals surface area contributed by atoms with Crippen molar-refractivity contribution in [1.82, 2.24) is 4.72 Å². The summed E-state index contributed by atoms with van der Waals surface area (Å²) in [6.07, 6.45) is 0. The van der Waals surface area contributed by atoms with Crippen molar-refractivity contribution >= 4 is 17.6 Å². The maximum Gasteiger partial charge on any atom is 0.0701 e. The molecule has 0 saturated carbocycles. The van der Waals surface area contributed by atoms with Gasteiger partial charge in [0.1, 0.15) is 0 Å². The summed E-state index contributed by atoms with van der Waals surface area (Å²) in [6, 6.07) is 7.69. The maximum atomic E-state index is 8.48. The van der Waals surface area contributed by atoms with Crippen molar-refractivity contribution in [3.8, 4) is 0 Å². The molecule has 0 atom stereocenters. The summed E-state index contributed by atoms with van der Waals surface area (Å²) in [5.41, 5.74) is 6.36. The zero-order valence-electron chi connectivity index (χ0n) is 10.3. The Morgan fingerprint density at radius 1 is 1.06 bits per heavy atom. The second kappa shape index (κ2) is 10.2. The standard InChI is InChI=1S/C12H20N2O3S/c13-11-1-3-12(4-2-11)18-14-5-7-16-9-10-17-8-6-15/h1-4,14-15H,5-10,13H2. The van der Waals surface area contributed by atoms with Crippen molar-refractivity contribution in [3.63, 3.8) is 0 Å². The fourth-order valence-corrected chi connectivity index (χ4v) is 1.79. The van der Waals surface area contributed by atoms with E-state index in [1.807, 2.05) is 24.3 Å². The van der Waals surface area contributed by atoms with Crippen molar-refractivity contribution in [3.05, 3.63) is 24.3 Å². The Kier molecular flexibility index (Phi) is 8.62. The summed E-state index contributed by atoms with van der Waals surface area (Å²) in [5, 5.41) is 8.48. The van der Waals surface area contributed by atoms with E-state index >= 15 is 0 Å². The van der Waals surface area contributed by atoms with Gasteiger partial charge < -0.3 is 20.3 Å². The second-order valence-electron chi connectivity index (χ2n) is 3.51. The highest BCUT2D eigenvalue weighted by molar-refractivity contribution is 7.97. The summed E-state index contributed by atoms with van der Waals surface area (Å²) in [6.45, 7) is 2.88. The Morgan fingerprint density at radius 2 is 1.72 bits per heavy atom. The molecule has 1 rings (SSSR count). The fourth-order valence-electron chi connectivity index (χ4n) is 1.17. The van der Waals surface area contributed by atoms with Gasteiger partial charge >= 0.3 is 0 Å². The molecule has 0 aliphatic heterocycles. The van der Waals surface area contributed by atoms with E-state index in [1.54, 1.807) is 11.9 Å². The number of anilines is 1. The number of aliphatic hydroxyl groups is 1. The number of hydrogen-bond acceptors (Lipinski definition) is 6. The number of hydrogen-bond donors (Lipinski definition) is 3. The van der Waals surface area contributed by atoms with Gasteiger partial charge in [0.2, 0.25) is 0 Å². The van der Waals surface area contributed by atoms with Crippen LogP contribution in [0.15, 0.2) is 29.2 Å². The Balaban J connectivity index is 1.91. The normalized spacial score (nSPS) is 10.7. The van der Waals surface area contributed by atoms with Gasteiger partial charge in [-0.1, -0.05) is 0 Å². The molecule has 102 valence electrons. The highest BCUT2D eigenvalue weighted by Crippen LogP contribution is 2.15. The maximum absolute atomic E-state index is 8.48. The van der Waals surface area contributed by atoms with Crippen LogP contribution in [0.5, 0.6) is 0 Å². The lowest BCUT2D eigenvalue weighted by Gasteiger charge is -2.06. The molecule has 0 spiro atoms. The molecular formula is C12H20N2O3S. The van der Waals surface area contributed by atoms with E-state index in [0.29, 0.717) is 26.4 Å². The van der Waals surface area contributed by atoms with Crippen LogP contribution in [0.2, 0.25) is 0 Å². The van der Waals surface area contributed by atoms with E-state index in [1.165, 1.54) is 0 Å². The molecule has 6 heteroatoms. The number of rotatable bonds is 10. The zero-order valence-corrected chi connectivity index (χ0v) is 11.1. The topological polar surface area (TPSA) is 76.7 Å². The van der Waals surface area contributed by atoms with Crippen LogP contribution in [0.1, 0.15) is 0 Å². The van der Waals surface area contributed by atoms with Crippen LogP contribution in [0.3, 0.4) is 0 Å². The van der Waals surface area contributed by atoms with Crippen molar-refractivity contribution in [2.45, 2.75) is 4.90 Å². The van der Waals surface area contributed by atoms with Gasteiger partial charge in [0, 0.05) is 17.1 Å². The summed E-state index contributed by atoms with van der Waals surface area (Å²) in [7, 11) is 0. The number of nitrogen functional groups attached to an aromatic ring is 1.